The minimum absolute atomic E-state index is 0.122. The van der Waals surface area contributed by atoms with E-state index in [1.54, 1.807) is 0 Å². The summed E-state index contributed by atoms with van der Waals surface area (Å²) in [5, 5.41) is 0. The van der Waals surface area contributed by atoms with Crippen LogP contribution in [0.15, 0.2) is 24.5 Å². The maximum Gasteiger partial charge on any atom is 0.0497 e. The van der Waals surface area contributed by atoms with Crippen LogP contribution in [0, 0.1) is 5.92 Å². The van der Waals surface area contributed by atoms with Crippen molar-refractivity contribution < 1.29 is 0 Å². The van der Waals surface area contributed by atoms with Crippen molar-refractivity contribution in [1.82, 2.24) is 9.88 Å². The third-order valence-corrected chi connectivity index (χ3v) is 3.99. The molecule has 1 aromatic heterocycles. The maximum atomic E-state index is 6.24. The highest BCUT2D eigenvalue weighted by Gasteiger charge is 2.24. The highest BCUT2D eigenvalue weighted by atomic mass is 15.2. The van der Waals surface area contributed by atoms with Gasteiger partial charge in [-0.25, -0.2) is 0 Å². The van der Waals surface area contributed by atoms with Crippen molar-refractivity contribution in [2.45, 2.75) is 52.6 Å². The summed E-state index contributed by atoms with van der Waals surface area (Å²) in [6.45, 7) is 11.0. The van der Waals surface area contributed by atoms with Crippen LogP contribution in [0.4, 0.5) is 0 Å². The molecule has 3 nitrogen and oxygen atoms in total. The average molecular weight is 263 g/mol. The Labute approximate surface area is 118 Å². The van der Waals surface area contributed by atoms with Crippen molar-refractivity contribution in [2.75, 3.05) is 13.1 Å². The Hall–Kier alpha value is -0.930. The molecule has 2 atom stereocenters. The Morgan fingerprint density at radius 2 is 1.74 bits per heavy atom. The quantitative estimate of drug-likeness (QED) is 0.783. The average Bonchev–Trinajstić information content (AvgIpc) is 2.43. The molecule has 0 spiro atoms. The molecule has 0 amide bonds. The summed E-state index contributed by atoms with van der Waals surface area (Å²) < 4.78 is 0. The van der Waals surface area contributed by atoms with Gasteiger partial charge in [-0.2, -0.15) is 0 Å². The van der Waals surface area contributed by atoms with Crippen LogP contribution in [0.5, 0.6) is 0 Å². The molecule has 19 heavy (non-hydrogen) atoms. The zero-order chi connectivity index (χ0) is 14.3. The van der Waals surface area contributed by atoms with Gasteiger partial charge in [0.2, 0.25) is 0 Å². The third-order valence-electron chi connectivity index (χ3n) is 3.99. The first-order valence-corrected chi connectivity index (χ1v) is 7.53. The molecular weight excluding hydrogens is 234 g/mol. The van der Waals surface area contributed by atoms with Crippen molar-refractivity contribution in [2.24, 2.45) is 11.7 Å². The molecule has 1 rings (SSSR count). The first-order chi connectivity index (χ1) is 9.13. The number of aromatic nitrogens is 1. The van der Waals surface area contributed by atoms with Gasteiger partial charge in [-0.05, 0) is 37.1 Å². The van der Waals surface area contributed by atoms with Gasteiger partial charge in [0.25, 0.3) is 0 Å². The van der Waals surface area contributed by atoms with E-state index in [1.165, 1.54) is 18.4 Å². The van der Waals surface area contributed by atoms with E-state index in [1.807, 2.05) is 12.4 Å². The molecule has 0 bridgehead atoms. The fourth-order valence-corrected chi connectivity index (χ4v) is 2.73. The first kappa shape index (κ1) is 16.1. The smallest absolute Gasteiger partial charge is 0.0497 e. The minimum atomic E-state index is 0.122. The summed E-state index contributed by atoms with van der Waals surface area (Å²) in [6.07, 6.45) is 6.18. The Morgan fingerprint density at radius 1 is 1.16 bits per heavy atom. The van der Waals surface area contributed by atoms with E-state index in [0.717, 1.165) is 19.0 Å². The van der Waals surface area contributed by atoms with Gasteiger partial charge in [0.1, 0.15) is 0 Å². The van der Waals surface area contributed by atoms with Crippen LogP contribution in [0.3, 0.4) is 0 Å². The van der Waals surface area contributed by atoms with Crippen LogP contribution in [0.1, 0.15) is 52.1 Å². The third kappa shape index (κ3) is 4.59. The van der Waals surface area contributed by atoms with Crippen LogP contribution in [0.2, 0.25) is 0 Å². The van der Waals surface area contributed by atoms with Crippen molar-refractivity contribution in [3.8, 4) is 0 Å². The van der Waals surface area contributed by atoms with Crippen molar-refractivity contribution in [3.63, 3.8) is 0 Å². The van der Waals surface area contributed by atoms with Crippen LogP contribution in [-0.2, 0) is 0 Å². The van der Waals surface area contributed by atoms with Gasteiger partial charge in [-0.1, -0.05) is 33.6 Å². The fourth-order valence-electron chi connectivity index (χ4n) is 2.73. The van der Waals surface area contributed by atoms with E-state index >= 15 is 0 Å². The Balaban J connectivity index is 2.89. The molecule has 0 saturated carbocycles. The zero-order valence-electron chi connectivity index (χ0n) is 12.8. The van der Waals surface area contributed by atoms with E-state index < -0.39 is 0 Å². The number of nitrogens with zero attached hydrogens (tertiary/aromatic N) is 2. The summed E-state index contributed by atoms with van der Waals surface area (Å²) in [7, 11) is 0. The zero-order valence-corrected chi connectivity index (χ0v) is 12.8. The van der Waals surface area contributed by atoms with Gasteiger partial charge >= 0.3 is 0 Å². The standard InChI is InChI=1S/C16H29N3/c1-5-14(6-2)12-19(7-3)16(13(4)17)15-8-10-18-11-9-15/h8-11,13-14,16H,5-7,12,17H2,1-4H3. The molecule has 0 aliphatic heterocycles. The molecule has 0 aliphatic rings. The van der Waals surface area contributed by atoms with E-state index in [2.05, 4.69) is 49.7 Å². The molecule has 0 fully saturated rings. The predicted molar refractivity (Wildman–Crippen MR) is 81.9 cm³/mol. The molecule has 2 unspecified atom stereocenters. The number of likely N-dealkylation sites (N-methyl/N-ethyl adjacent to an activating group) is 1. The number of pyridine rings is 1. The Bertz CT molecular complexity index is 333. The first-order valence-electron chi connectivity index (χ1n) is 7.53. The molecule has 3 heteroatoms. The molecule has 2 N–H and O–H groups in total. The van der Waals surface area contributed by atoms with Crippen LogP contribution in [0.25, 0.3) is 0 Å². The lowest BCUT2D eigenvalue weighted by Crippen LogP contribution is -2.41. The minimum Gasteiger partial charge on any atom is -0.326 e. The second-order valence-corrected chi connectivity index (χ2v) is 5.35. The second kappa shape index (κ2) is 8.28. The van der Waals surface area contributed by atoms with Gasteiger partial charge in [0.05, 0.1) is 0 Å². The van der Waals surface area contributed by atoms with Gasteiger partial charge in [0, 0.05) is 31.0 Å². The number of hydrogen-bond acceptors (Lipinski definition) is 3. The summed E-state index contributed by atoms with van der Waals surface area (Å²) in [5.41, 5.74) is 7.52. The van der Waals surface area contributed by atoms with E-state index in [9.17, 15) is 0 Å². The largest absolute Gasteiger partial charge is 0.326 e. The predicted octanol–water partition coefficient (Wildman–Crippen LogP) is 3.23. The molecule has 0 radical (unpaired) electrons. The number of nitrogens with two attached hydrogens (primary N) is 1. The lowest BCUT2D eigenvalue weighted by Gasteiger charge is -2.36. The SMILES string of the molecule is CCC(CC)CN(CC)C(c1ccncc1)C(C)N. The van der Waals surface area contributed by atoms with Gasteiger partial charge in [0.15, 0.2) is 0 Å². The van der Waals surface area contributed by atoms with E-state index in [-0.39, 0.29) is 12.1 Å². The highest BCUT2D eigenvalue weighted by Crippen LogP contribution is 2.25. The van der Waals surface area contributed by atoms with Crippen LogP contribution in [-0.4, -0.2) is 29.0 Å². The lowest BCUT2D eigenvalue weighted by molar-refractivity contribution is 0.153. The van der Waals surface area contributed by atoms with Crippen LogP contribution >= 0.6 is 0 Å². The fraction of sp³-hybridized carbons (Fsp3) is 0.688. The monoisotopic (exact) mass is 263 g/mol. The molecule has 1 heterocycles. The summed E-state index contributed by atoms with van der Waals surface area (Å²) in [5.74, 6) is 0.753. The van der Waals surface area contributed by atoms with E-state index in [4.69, 9.17) is 5.73 Å². The molecule has 0 aliphatic carbocycles. The number of rotatable bonds is 8. The van der Waals surface area contributed by atoms with E-state index in [0.29, 0.717) is 0 Å². The molecule has 108 valence electrons. The topological polar surface area (TPSA) is 42.2 Å². The Kier molecular flexibility index (Phi) is 7.03. The lowest BCUT2D eigenvalue weighted by atomic mass is 9.96. The van der Waals surface area contributed by atoms with Crippen molar-refractivity contribution in [1.29, 1.82) is 0 Å². The van der Waals surface area contributed by atoms with Gasteiger partial charge in [-0.3, -0.25) is 9.88 Å². The maximum absolute atomic E-state index is 6.24. The second-order valence-electron chi connectivity index (χ2n) is 5.35. The van der Waals surface area contributed by atoms with Crippen molar-refractivity contribution >= 4 is 0 Å². The normalized spacial score (nSPS) is 14.9. The van der Waals surface area contributed by atoms with Crippen molar-refractivity contribution in [3.05, 3.63) is 30.1 Å². The van der Waals surface area contributed by atoms with Crippen LogP contribution < -0.4 is 5.73 Å². The number of hydrogen-bond donors (Lipinski definition) is 1. The van der Waals surface area contributed by atoms with Gasteiger partial charge < -0.3 is 5.73 Å². The summed E-state index contributed by atoms with van der Waals surface area (Å²) >= 11 is 0. The molecule has 0 aromatic carbocycles. The molecule has 1 aromatic rings. The summed E-state index contributed by atoms with van der Waals surface area (Å²) in [6, 6.07) is 4.58. The Morgan fingerprint density at radius 3 is 2.16 bits per heavy atom. The summed E-state index contributed by atoms with van der Waals surface area (Å²) in [4.78, 5) is 6.62. The highest BCUT2D eigenvalue weighted by molar-refractivity contribution is 5.17. The molecular formula is C16H29N3. The molecule has 0 saturated heterocycles. The van der Waals surface area contributed by atoms with Gasteiger partial charge in [-0.15, -0.1) is 0 Å².